The minimum absolute atomic E-state index is 0.00298. The zero-order valence-electron chi connectivity index (χ0n) is 21.5. The number of aliphatic hydroxyl groups excluding tert-OH is 1. The van der Waals surface area contributed by atoms with Crippen LogP contribution < -0.4 is 14.4 Å². The number of rotatable bonds is 6. The zero-order valence-corrected chi connectivity index (χ0v) is 22.3. The standard InChI is InChI=1S/C31H26N2O5S/c1-4-12-37-22-7-5-6-19(16-22)27-26(28(34)20-9-11-24-21(15-20)14-18(3)38-24)29(35)30(36)33(27)31-32-23-10-8-17(2)13-25(23)39-31/h4-11,13,15-16,18,27,34H,1,12,14H2,2-3H3/t18-,27-/m0/s1. The fraction of sp³-hybridized carbons (Fsp3) is 0.194. The first-order chi connectivity index (χ1) is 18.8. The van der Waals surface area contributed by atoms with E-state index < -0.39 is 17.7 Å². The molecule has 0 unspecified atom stereocenters. The van der Waals surface area contributed by atoms with Crippen LogP contribution in [0.5, 0.6) is 11.5 Å². The number of anilines is 1. The molecule has 3 heterocycles. The maximum Gasteiger partial charge on any atom is 0.301 e. The maximum atomic E-state index is 13.6. The van der Waals surface area contributed by atoms with Crippen molar-refractivity contribution in [2.45, 2.75) is 32.4 Å². The number of aromatic nitrogens is 1. The van der Waals surface area contributed by atoms with E-state index in [0.717, 1.165) is 27.1 Å². The highest BCUT2D eigenvalue weighted by molar-refractivity contribution is 7.22. The summed E-state index contributed by atoms with van der Waals surface area (Å²) in [7, 11) is 0. The topological polar surface area (TPSA) is 89.0 Å². The first-order valence-electron chi connectivity index (χ1n) is 12.7. The van der Waals surface area contributed by atoms with E-state index in [1.165, 1.54) is 16.2 Å². The van der Waals surface area contributed by atoms with Crippen molar-refractivity contribution < 1.29 is 24.2 Å². The van der Waals surface area contributed by atoms with Crippen LogP contribution in [0.25, 0.3) is 16.0 Å². The van der Waals surface area contributed by atoms with Crippen molar-refractivity contribution >= 4 is 44.1 Å². The normalized spacial score (nSPS) is 19.8. The molecule has 196 valence electrons. The second kappa shape index (κ2) is 9.71. The summed E-state index contributed by atoms with van der Waals surface area (Å²) in [6, 6.07) is 17.4. The van der Waals surface area contributed by atoms with Gasteiger partial charge in [0.2, 0.25) is 0 Å². The van der Waals surface area contributed by atoms with Crippen molar-refractivity contribution in [1.29, 1.82) is 0 Å². The van der Waals surface area contributed by atoms with Gasteiger partial charge in [0, 0.05) is 12.0 Å². The van der Waals surface area contributed by atoms with Gasteiger partial charge < -0.3 is 14.6 Å². The lowest BCUT2D eigenvalue weighted by molar-refractivity contribution is -0.132. The van der Waals surface area contributed by atoms with E-state index in [2.05, 4.69) is 6.58 Å². The zero-order chi connectivity index (χ0) is 27.3. The van der Waals surface area contributed by atoms with Gasteiger partial charge in [-0.1, -0.05) is 42.2 Å². The Labute approximate surface area is 229 Å². The summed E-state index contributed by atoms with van der Waals surface area (Å²) in [5, 5.41) is 12.0. The van der Waals surface area contributed by atoms with Gasteiger partial charge in [-0.2, -0.15) is 0 Å². The number of hydrogen-bond donors (Lipinski definition) is 1. The maximum absolute atomic E-state index is 13.6. The molecule has 2 atom stereocenters. The van der Waals surface area contributed by atoms with Crippen LogP contribution in [-0.2, 0) is 16.0 Å². The Morgan fingerprint density at radius 1 is 1.21 bits per heavy atom. The van der Waals surface area contributed by atoms with E-state index in [-0.39, 0.29) is 17.4 Å². The van der Waals surface area contributed by atoms with Gasteiger partial charge in [-0.25, -0.2) is 4.98 Å². The van der Waals surface area contributed by atoms with Crippen LogP contribution in [0.1, 0.15) is 35.2 Å². The van der Waals surface area contributed by atoms with Gasteiger partial charge in [-0.15, -0.1) is 0 Å². The van der Waals surface area contributed by atoms with Crippen LogP contribution in [0.15, 0.2) is 78.9 Å². The number of thiazole rings is 1. The first kappa shape index (κ1) is 24.9. The summed E-state index contributed by atoms with van der Waals surface area (Å²) < 4.78 is 12.4. The van der Waals surface area contributed by atoms with E-state index in [9.17, 15) is 14.7 Å². The fourth-order valence-corrected chi connectivity index (χ4v) is 6.21. The molecule has 1 saturated heterocycles. The van der Waals surface area contributed by atoms with E-state index in [0.29, 0.717) is 35.0 Å². The lowest BCUT2D eigenvalue weighted by Gasteiger charge is -2.23. The summed E-state index contributed by atoms with van der Waals surface area (Å²) in [5.41, 5.74) is 3.82. The predicted octanol–water partition coefficient (Wildman–Crippen LogP) is 6.12. The Kier molecular flexibility index (Phi) is 6.19. The number of ether oxygens (including phenoxy) is 2. The molecule has 8 heteroatoms. The second-order valence-electron chi connectivity index (χ2n) is 9.76. The quantitative estimate of drug-likeness (QED) is 0.138. The third-order valence-corrected chi connectivity index (χ3v) is 7.91. The van der Waals surface area contributed by atoms with E-state index >= 15 is 0 Å². The van der Waals surface area contributed by atoms with Gasteiger partial charge in [0.15, 0.2) is 5.13 Å². The highest BCUT2D eigenvalue weighted by Gasteiger charge is 2.48. The molecular formula is C31H26N2O5S. The second-order valence-corrected chi connectivity index (χ2v) is 10.8. The Morgan fingerprint density at radius 3 is 2.87 bits per heavy atom. The number of carbonyl (C=O) groups excluding carboxylic acids is 2. The summed E-state index contributed by atoms with van der Waals surface area (Å²) in [6.45, 7) is 7.96. The van der Waals surface area contributed by atoms with Crippen molar-refractivity contribution in [2.75, 3.05) is 11.5 Å². The molecule has 0 radical (unpaired) electrons. The van der Waals surface area contributed by atoms with E-state index in [1.54, 1.807) is 36.4 Å². The summed E-state index contributed by atoms with van der Waals surface area (Å²) in [6.07, 6.45) is 2.37. The molecule has 39 heavy (non-hydrogen) atoms. The highest BCUT2D eigenvalue weighted by Crippen LogP contribution is 2.45. The Morgan fingerprint density at radius 2 is 2.05 bits per heavy atom. The third kappa shape index (κ3) is 4.36. The molecular weight excluding hydrogens is 512 g/mol. The smallest absolute Gasteiger partial charge is 0.301 e. The van der Waals surface area contributed by atoms with Crippen LogP contribution in [0.4, 0.5) is 5.13 Å². The minimum Gasteiger partial charge on any atom is -0.507 e. The number of fused-ring (bicyclic) bond motifs is 2. The summed E-state index contributed by atoms with van der Waals surface area (Å²) >= 11 is 1.33. The number of aliphatic hydroxyl groups is 1. The predicted molar refractivity (Wildman–Crippen MR) is 152 cm³/mol. The van der Waals surface area contributed by atoms with Gasteiger partial charge in [-0.3, -0.25) is 14.5 Å². The van der Waals surface area contributed by atoms with Crippen molar-refractivity contribution in [3.63, 3.8) is 0 Å². The lowest BCUT2D eigenvalue weighted by Crippen LogP contribution is -2.29. The molecule has 6 rings (SSSR count). The number of ketones is 1. The number of aryl methyl sites for hydroxylation is 1. The number of carbonyl (C=O) groups is 2. The number of Topliss-reactive ketones (excluding diaryl/α,β-unsaturated/α-hetero) is 1. The molecule has 1 aromatic heterocycles. The Balaban J connectivity index is 1.53. The highest BCUT2D eigenvalue weighted by atomic mass is 32.1. The van der Waals surface area contributed by atoms with Crippen LogP contribution in [0.2, 0.25) is 0 Å². The van der Waals surface area contributed by atoms with Crippen LogP contribution in [0, 0.1) is 6.92 Å². The molecule has 0 bridgehead atoms. The summed E-state index contributed by atoms with van der Waals surface area (Å²) in [4.78, 5) is 33.3. The minimum atomic E-state index is -0.901. The number of hydrogen-bond acceptors (Lipinski definition) is 7. The molecule has 2 aliphatic heterocycles. The van der Waals surface area contributed by atoms with Crippen molar-refractivity contribution in [3.05, 3.63) is 101 Å². The molecule has 1 N–H and O–H groups in total. The van der Waals surface area contributed by atoms with Gasteiger partial charge in [-0.05, 0) is 73.0 Å². The molecule has 3 aromatic carbocycles. The lowest BCUT2D eigenvalue weighted by atomic mass is 9.94. The third-order valence-electron chi connectivity index (χ3n) is 6.89. The monoisotopic (exact) mass is 538 g/mol. The molecule has 0 aliphatic carbocycles. The average molecular weight is 539 g/mol. The Bertz CT molecular complexity index is 1690. The molecule has 0 spiro atoms. The number of nitrogens with zero attached hydrogens (tertiary/aromatic N) is 2. The average Bonchev–Trinajstić information content (AvgIpc) is 3.59. The van der Waals surface area contributed by atoms with Crippen LogP contribution in [0.3, 0.4) is 0 Å². The van der Waals surface area contributed by atoms with Crippen LogP contribution in [-0.4, -0.2) is 34.5 Å². The van der Waals surface area contributed by atoms with Crippen molar-refractivity contribution in [3.8, 4) is 11.5 Å². The van der Waals surface area contributed by atoms with Gasteiger partial charge in [0.05, 0.1) is 21.8 Å². The van der Waals surface area contributed by atoms with Gasteiger partial charge in [0.1, 0.15) is 30.0 Å². The first-order valence-corrected chi connectivity index (χ1v) is 13.5. The summed E-state index contributed by atoms with van der Waals surface area (Å²) in [5.74, 6) is -0.435. The van der Waals surface area contributed by atoms with E-state index in [4.69, 9.17) is 14.5 Å². The molecule has 0 saturated carbocycles. The van der Waals surface area contributed by atoms with Gasteiger partial charge >= 0.3 is 5.91 Å². The molecule has 7 nitrogen and oxygen atoms in total. The molecule has 1 fully saturated rings. The molecule has 1 amide bonds. The largest absolute Gasteiger partial charge is 0.507 e. The number of amides is 1. The van der Waals surface area contributed by atoms with Gasteiger partial charge in [0.25, 0.3) is 5.78 Å². The Hall–Kier alpha value is -4.43. The fourth-order valence-electron chi connectivity index (χ4n) is 5.12. The van der Waals surface area contributed by atoms with Crippen molar-refractivity contribution in [2.24, 2.45) is 0 Å². The molecule has 4 aromatic rings. The van der Waals surface area contributed by atoms with E-state index in [1.807, 2.05) is 44.2 Å². The van der Waals surface area contributed by atoms with Crippen LogP contribution >= 0.6 is 11.3 Å². The van der Waals surface area contributed by atoms with Crippen molar-refractivity contribution in [1.82, 2.24) is 4.98 Å². The number of benzene rings is 3. The molecule has 2 aliphatic rings. The SMILES string of the molecule is C=CCOc1cccc([C@H]2C(=C(O)c3ccc4c(c3)C[C@H](C)O4)C(=O)C(=O)N2c2nc3ccc(C)cc3s2)c1.